The Bertz CT molecular complexity index is 727. The van der Waals surface area contributed by atoms with Crippen molar-refractivity contribution in [1.29, 1.82) is 0 Å². The molecular weight excluding hydrogens is 719 g/mol. The van der Waals surface area contributed by atoms with Crippen LogP contribution in [0.25, 0.3) is 0 Å². The molecule has 0 saturated heterocycles. The summed E-state index contributed by atoms with van der Waals surface area (Å²) < 4.78 is 23.3. The average Bonchev–Trinajstić information content (AvgIpc) is 3.19. The minimum absolute atomic E-state index is 0.284. The maximum Gasteiger partial charge on any atom is 0.356 e. The van der Waals surface area contributed by atoms with Gasteiger partial charge in [-0.3, -0.25) is 4.57 Å². The molecule has 0 spiro atoms. The molecule has 0 aromatic carbocycles. The summed E-state index contributed by atoms with van der Waals surface area (Å²) in [5.41, 5.74) is 0. The summed E-state index contributed by atoms with van der Waals surface area (Å²) in [5, 5.41) is 9.75. The average molecular weight is 823 g/mol. The molecular formula is C47H103N2O6P. The molecule has 0 radical (unpaired) electrons. The Morgan fingerprint density at radius 1 is 0.393 bits per heavy atom. The molecule has 9 heteroatoms. The van der Waals surface area contributed by atoms with Crippen LogP contribution in [-0.2, 0) is 14.0 Å². The maximum absolute atomic E-state index is 12.0. The Kier molecular flexibility index (Phi) is 53.1. The molecule has 0 amide bonds. The van der Waals surface area contributed by atoms with Crippen molar-refractivity contribution in [2.75, 3.05) is 59.1 Å². The molecule has 0 heterocycles. The standard InChI is InChI=1S/C35H73O6P.2C6H15N/c1-3-5-7-9-11-13-15-17-19-21-23-25-27-29-31-40-34(33-36)35(42(37,38)39)41-32-30-28-26-24-22-20-18-16-14-12-10-8-6-4-2;2*1-4-7(5-2)6-3/h34-36H,3-33H2,1-2H3,(H2,37,38,39);2*4-6H2,1-3H3. The third-order valence-electron chi connectivity index (χ3n) is 11.1. The minimum Gasteiger partial charge on any atom is -0.394 e. The highest BCUT2D eigenvalue weighted by Crippen LogP contribution is 2.44. The Labute approximate surface area is 351 Å². The fourth-order valence-electron chi connectivity index (χ4n) is 7.02. The summed E-state index contributed by atoms with van der Waals surface area (Å²) in [4.78, 5) is 24.4. The number of aliphatic hydroxyl groups is 1. The Hall–Kier alpha value is -0.0500. The zero-order chi connectivity index (χ0) is 42.4. The van der Waals surface area contributed by atoms with Crippen LogP contribution in [0.3, 0.4) is 0 Å². The van der Waals surface area contributed by atoms with E-state index in [0.29, 0.717) is 6.61 Å². The summed E-state index contributed by atoms with van der Waals surface area (Å²) in [7, 11) is -4.53. The molecule has 0 aliphatic rings. The van der Waals surface area contributed by atoms with Crippen molar-refractivity contribution in [2.45, 2.75) is 247 Å². The van der Waals surface area contributed by atoms with Gasteiger partial charge in [0, 0.05) is 13.2 Å². The first-order valence-corrected chi connectivity index (χ1v) is 26.2. The van der Waals surface area contributed by atoms with Gasteiger partial charge in [0.15, 0.2) is 5.85 Å². The van der Waals surface area contributed by atoms with Gasteiger partial charge in [-0.15, -0.1) is 0 Å². The number of hydrogen-bond donors (Lipinski definition) is 3. The second-order valence-electron chi connectivity index (χ2n) is 15.9. The van der Waals surface area contributed by atoms with E-state index in [1.54, 1.807) is 0 Å². The molecule has 0 aromatic heterocycles. The lowest BCUT2D eigenvalue weighted by atomic mass is 10.0. The van der Waals surface area contributed by atoms with E-state index in [1.807, 2.05) is 0 Å². The molecule has 0 bridgehead atoms. The van der Waals surface area contributed by atoms with E-state index >= 15 is 0 Å². The predicted octanol–water partition coefficient (Wildman–Crippen LogP) is 13.5. The fourth-order valence-corrected chi connectivity index (χ4v) is 7.93. The van der Waals surface area contributed by atoms with Gasteiger partial charge in [0.2, 0.25) is 0 Å². The highest BCUT2D eigenvalue weighted by atomic mass is 31.2. The summed E-state index contributed by atoms with van der Waals surface area (Å²) in [6.07, 6.45) is 34.4. The smallest absolute Gasteiger partial charge is 0.356 e. The van der Waals surface area contributed by atoms with E-state index in [9.17, 15) is 19.5 Å². The molecule has 0 aromatic rings. The molecule has 0 aliphatic carbocycles. The molecule has 0 aliphatic heterocycles. The molecule has 0 fully saturated rings. The SMILES string of the molecule is CCCCCCCCCCCCCCCCOC(CO)C(OCCCCCCCCCCCCCCCC)P(=O)(O)O.CCN(CC)CC.CCN(CC)CC. The summed E-state index contributed by atoms with van der Waals surface area (Å²) in [6, 6.07) is 0. The van der Waals surface area contributed by atoms with Crippen molar-refractivity contribution < 1.29 is 28.9 Å². The molecule has 3 N–H and O–H groups in total. The molecule has 56 heavy (non-hydrogen) atoms. The lowest BCUT2D eigenvalue weighted by molar-refractivity contribution is -0.0695. The number of aliphatic hydroxyl groups excluding tert-OH is 1. The third-order valence-corrected chi connectivity index (χ3v) is 12.3. The Morgan fingerprint density at radius 3 is 0.821 bits per heavy atom. The summed E-state index contributed by atoms with van der Waals surface area (Å²) in [6.45, 7) is 25.0. The normalized spacial score (nSPS) is 12.7. The highest BCUT2D eigenvalue weighted by molar-refractivity contribution is 7.52. The van der Waals surface area contributed by atoms with E-state index in [4.69, 9.17) is 9.47 Å². The summed E-state index contributed by atoms with van der Waals surface area (Å²) in [5.74, 6) is -1.39. The summed E-state index contributed by atoms with van der Waals surface area (Å²) >= 11 is 0. The van der Waals surface area contributed by atoms with Crippen LogP contribution in [0.4, 0.5) is 0 Å². The van der Waals surface area contributed by atoms with Crippen LogP contribution in [0.1, 0.15) is 235 Å². The topological polar surface area (TPSA) is 103 Å². The quantitative estimate of drug-likeness (QED) is 0.0414. The van der Waals surface area contributed by atoms with Gasteiger partial charge in [0.05, 0.1) is 6.61 Å². The van der Waals surface area contributed by atoms with Crippen molar-refractivity contribution in [3.63, 3.8) is 0 Å². The molecule has 0 rings (SSSR count). The van der Waals surface area contributed by atoms with Crippen LogP contribution < -0.4 is 0 Å². The van der Waals surface area contributed by atoms with E-state index in [-0.39, 0.29) is 6.61 Å². The van der Waals surface area contributed by atoms with Crippen molar-refractivity contribution in [3.05, 3.63) is 0 Å². The van der Waals surface area contributed by atoms with Gasteiger partial charge in [0.1, 0.15) is 6.10 Å². The molecule has 342 valence electrons. The van der Waals surface area contributed by atoms with E-state index in [1.165, 1.54) is 181 Å². The van der Waals surface area contributed by atoms with Crippen molar-refractivity contribution in [2.24, 2.45) is 0 Å². The lowest BCUT2D eigenvalue weighted by Crippen LogP contribution is -2.35. The first-order valence-electron chi connectivity index (χ1n) is 24.5. The van der Waals surface area contributed by atoms with Crippen molar-refractivity contribution in [3.8, 4) is 0 Å². The molecule has 0 saturated carbocycles. The number of nitrogens with zero attached hydrogens (tertiary/aromatic N) is 2. The van der Waals surface area contributed by atoms with Gasteiger partial charge in [-0.25, -0.2) is 0 Å². The predicted molar refractivity (Wildman–Crippen MR) is 246 cm³/mol. The second-order valence-corrected chi connectivity index (χ2v) is 17.6. The van der Waals surface area contributed by atoms with Crippen LogP contribution in [0.15, 0.2) is 0 Å². The van der Waals surface area contributed by atoms with E-state index in [2.05, 4.69) is 65.2 Å². The van der Waals surface area contributed by atoms with Gasteiger partial charge < -0.3 is 34.2 Å². The van der Waals surface area contributed by atoms with Gasteiger partial charge in [-0.1, -0.05) is 222 Å². The molecule has 2 unspecified atom stereocenters. The van der Waals surface area contributed by atoms with Crippen LogP contribution in [0.2, 0.25) is 0 Å². The van der Waals surface area contributed by atoms with Gasteiger partial charge >= 0.3 is 7.60 Å². The first kappa shape index (κ1) is 60.3. The van der Waals surface area contributed by atoms with Crippen molar-refractivity contribution in [1.82, 2.24) is 9.80 Å². The number of unbranched alkanes of at least 4 members (excludes halogenated alkanes) is 26. The Morgan fingerprint density at radius 2 is 0.625 bits per heavy atom. The largest absolute Gasteiger partial charge is 0.394 e. The fraction of sp³-hybridized carbons (Fsp3) is 1.00. The zero-order valence-corrected chi connectivity index (χ0v) is 40.1. The molecule has 8 nitrogen and oxygen atoms in total. The van der Waals surface area contributed by atoms with Crippen LogP contribution >= 0.6 is 7.60 Å². The highest BCUT2D eigenvalue weighted by Gasteiger charge is 2.37. The third kappa shape index (κ3) is 45.0. The van der Waals surface area contributed by atoms with Gasteiger partial charge in [-0.2, -0.15) is 0 Å². The lowest BCUT2D eigenvalue weighted by Gasteiger charge is -2.26. The minimum atomic E-state index is -4.53. The first-order chi connectivity index (χ1) is 27.2. The van der Waals surface area contributed by atoms with E-state index in [0.717, 1.165) is 38.5 Å². The second kappa shape index (κ2) is 49.3. The van der Waals surface area contributed by atoms with E-state index < -0.39 is 26.2 Å². The van der Waals surface area contributed by atoms with Crippen molar-refractivity contribution >= 4 is 7.60 Å². The van der Waals surface area contributed by atoms with Crippen LogP contribution in [0, 0.1) is 0 Å². The Balaban J connectivity index is -0.00000168. The molecule has 2 atom stereocenters. The van der Waals surface area contributed by atoms with Gasteiger partial charge in [-0.05, 0) is 52.1 Å². The monoisotopic (exact) mass is 823 g/mol. The maximum atomic E-state index is 12.0. The van der Waals surface area contributed by atoms with Crippen LogP contribution in [0.5, 0.6) is 0 Å². The number of hydrogen-bond acceptors (Lipinski definition) is 6. The van der Waals surface area contributed by atoms with Crippen LogP contribution in [-0.4, -0.2) is 95.7 Å². The number of ether oxygens (including phenoxy) is 2. The van der Waals surface area contributed by atoms with Gasteiger partial charge in [0.25, 0.3) is 0 Å². The zero-order valence-electron chi connectivity index (χ0n) is 39.2. The number of rotatable bonds is 41.